The zero-order valence-corrected chi connectivity index (χ0v) is 14.3. The van der Waals surface area contributed by atoms with Crippen LogP contribution in [-0.4, -0.2) is 11.7 Å². The Bertz CT molecular complexity index is 721. The average molecular weight is 310 g/mol. The van der Waals surface area contributed by atoms with Crippen LogP contribution < -0.4 is 10.2 Å². The van der Waals surface area contributed by atoms with Gasteiger partial charge in [-0.1, -0.05) is 23.8 Å². The first-order valence-corrected chi connectivity index (χ1v) is 8.21. The van der Waals surface area contributed by atoms with Crippen molar-refractivity contribution in [2.75, 3.05) is 16.8 Å². The molecule has 0 atom stereocenters. The fourth-order valence-corrected chi connectivity index (χ4v) is 3.25. The van der Waals surface area contributed by atoms with Crippen molar-refractivity contribution >= 4 is 28.7 Å². The van der Waals surface area contributed by atoms with E-state index in [9.17, 15) is 0 Å². The summed E-state index contributed by atoms with van der Waals surface area (Å²) in [5, 5.41) is 4.18. The number of nitrogens with zero attached hydrogens (tertiary/aromatic N) is 1. The molecule has 0 saturated heterocycles. The van der Waals surface area contributed by atoms with Crippen LogP contribution in [0, 0.1) is 20.8 Å². The van der Waals surface area contributed by atoms with E-state index in [0.29, 0.717) is 0 Å². The number of hydrogen-bond donors (Lipinski definition) is 1. The third kappa shape index (κ3) is 3.00. The van der Waals surface area contributed by atoms with Crippen molar-refractivity contribution in [2.24, 2.45) is 0 Å². The summed E-state index contributed by atoms with van der Waals surface area (Å²) in [5.74, 6) is 0. The van der Waals surface area contributed by atoms with Gasteiger partial charge >= 0.3 is 0 Å². The van der Waals surface area contributed by atoms with E-state index < -0.39 is 0 Å². The topological polar surface area (TPSA) is 15.3 Å². The standard InChI is InChI=1S/C19H22N2S/c1-13-6-9-18-16(11-13)5-4-10-21(18)19(22)20-17-8-7-14(2)15(3)12-17/h6-9,11-12H,4-5,10H2,1-3H3,(H,20,22). The molecule has 0 bridgehead atoms. The summed E-state index contributed by atoms with van der Waals surface area (Å²) in [6.07, 6.45) is 2.28. The van der Waals surface area contributed by atoms with Crippen molar-refractivity contribution in [3.63, 3.8) is 0 Å². The van der Waals surface area contributed by atoms with Crippen molar-refractivity contribution in [3.8, 4) is 0 Å². The molecular formula is C19H22N2S. The van der Waals surface area contributed by atoms with Crippen molar-refractivity contribution < 1.29 is 0 Å². The Morgan fingerprint density at radius 2 is 1.86 bits per heavy atom. The van der Waals surface area contributed by atoms with Gasteiger partial charge in [-0.3, -0.25) is 0 Å². The maximum absolute atomic E-state index is 5.66. The highest BCUT2D eigenvalue weighted by Gasteiger charge is 2.20. The molecule has 1 aliphatic heterocycles. The lowest BCUT2D eigenvalue weighted by Crippen LogP contribution is -2.38. The van der Waals surface area contributed by atoms with Crippen LogP contribution in [0.5, 0.6) is 0 Å². The van der Waals surface area contributed by atoms with Gasteiger partial charge in [0, 0.05) is 17.9 Å². The summed E-state index contributed by atoms with van der Waals surface area (Å²) in [4.78, 5) is 2.22. The molecule has 3 heteroatoms. The lowest BCUT2D eigenvalue weighted by molar-refractivity contribution is 0.780. The summed E-state index contributed by atoms with van der Waals surface area (Å²) >= 11 is 5.66. The van der Waals surface area contributed by atoms with Gasteiger partial charge in [-0.2, -0.15) is 0 Å². The minimum Gasteiger partial charge on any atom is -0.332 e. The summed E-state index contributed by atoms with van der Waals surface area (Å²) in [5.41, 5.74) is 7.60. The molecule has 1 heterocycles. The predicted octanol–water partition coefficient (Wildman–Crippen LogP) is 4.76. The molecule has 2 aromatic rings. The van der Waals surface area contributed by atoms with Crippen molar-refractivity contribution in [1.29, 1.82) is 0 Å². The zero-order chi connectivity index (χ0) is 15.7. The largest absolute Gasteiger partial charge is 0.332 e. The Labute approximate surface area is 138 Å². The van der Waals surface area contributed by atoms with Crippen LogP contribution in [0.1, 0.15) is 28.7 Å². The maximum Gasteiger partial charge on any atom is 0.177 e. The molecule has 1 aliphatic rings. The molecule has 0 saturated carbocycles. The van der Waals surface area contributed by atoms with Gasteiger partial charge in [0.2, 0.25) is 0 Å². The fourth-order valence-electron chi connectivity index (χ4n) is 2.95. The van der Waals surface area contributed by atoms with Gasteiger partial charge < -0.3 is 10.2 Å². The molecule has 22 heavy (non-hydrogen) atoms. The normalized spacial score (nSPS) is 13.7. The summed E-state index contributed by atoms with van der Waals surface area (Å²) in [7, 11) is 0. The van der Waals surface area contributed by atoms with E-state index in [1.54, 1.807) is 0 Å². The highest BCUT2D eigenvalue weighted by atomic mass is 32.1. The second-order valence-electron chi connectivity index (χ2n) is 6.12. The molecule has 3 rings (SSSR count). The first-order chi connectivity index (χ1) is 10.5. The second-order valence-corrected chi connectivity index (χ2v) is 6.50. The molecule has 114 valence electrons. The van der Waals surface area contributed by atoms with Gasteiger partial charge in [0.05, 0.1) is 0 Å². The van der Waals surface area contributed by atoms with E-state index >= 15 is 0 Å². The number of nitrogens with one attached hydrogen (secondary N) is 1. The van der Waals surface area contributed by atoms with Gasteiger partial charge in [0.25, 0.3) is 0 Å². The van der Waals surface area contributed by atoms with Crippen LogP contribution in [0.2, 0.25) is 0 Å². The number of rotatable bonds is 1. The van der Waals surface area contributed by atoms with E-state index in [2.05, 4.69) is 67.4 Å². The molecule has 2 nitrogen and oxygen atoms in total. The monoisotopic (exact) mass is 310 g/mol. The Balaban J connectivity index is 1.83. The van der Waals surface area contributed by atoms with E-state index in [4.69, 9.17) is 12.2 Å². The maximum atomic E-state index is 5.66. The van der Waals surface area contributed by atoms with Crippen LogP contribution >= 0.6 is 12.2 Å². The van der Waals surface area contributed by atoms with E-state index in [-0.39, 0.29) is 0 Å². The predicted molar refractivity (Wildman–Crippen MR) is 99.0 cm³/mol. The molecule has 0 unspecified atom stereocenters. The minimum absolute atomic E-state index is 0.785. The first kappa shape index (κ1) is 15.0. The van der Waals surface area contributed by atoms with Crippen LogP contribution in [0.3, 0.4) is 0 Å². The number of hydrogen-bond acceptors (Lipinski definition) is 1. The average Bonchev–Trinajstić information content (AvgIpc) is 2.50. The van der Waals surface area contributed by atoms with Crippen LogP contribution in [-0.2, 0) is 6.42 Å². The lowest BCUT2D eigenvalue weighted by Gasteiger charge is -2.32. The van der Waals surface area contributed by atoms with E-state index in [1.165, 1.54) is 27.9 Å². The van der Waals surface area contributed by atoms with E-state index in [0.717, 1.165) is 30.2 Å². The molecule has 0 spiro atoms. The lowest BCUT2D eigenvalue weighted by atomic mass is 10.00. The molecule has 1 N–H and O–H groups in total. The number of thiocarbonyl (C=S) groups is 1. The molecule has 0 radical (unpaired) electrons. The Morgan fingerprint density at radius 1 is 1.05 bits per heavy atom. The minimum atomic E-state index is 0.785. The smallest absolute Gasteiger partial charge is 0.177 e. The van der Waals surface area contributed by atoms with Crippen molar-refractivity contribution in [1.82, 2.24) is 0 Å². The van der Waals surface area contributed by atoms with Gasteiger partial charge in [0.1, 0.15) is 0 Å². The van der Waals surface area contributed by atoms with Crippen LogP contribution in [0.4, 0.5) is 11.4 Å². The van der Waals surface area contributed by atoms with Crippen LogP contribution in [0.25, 0.3) is 0 Å². The summed E-state index contributed by atoms with van der Waals surface area (Å²) in [6, 6.07) is 13.0. The number of fused-ring (bicyclic) bond motifs is 1. The number of benzene rings is 2. The summed E-state index contributed by atoms with van der Waals surface area (Å²) in [6.45, 7) is 7.38. The van der Waals surface area contributed by atoms with Crippen molar-refractivity contribution in [3.05, 3.63) is 58.7 Å². The molecule has 2 aromatic carbocycles. The Morgan fingerprint density at radius 3 is 2.64 bits per heavy atom. The first-order valence-electron chi connectivity index (χ1n) is 7.80. The van der Waals surface area contributed by atoms with Crippen LogP contribution in [0.15, 0.2) is 36.4 Å². The molecule has 0 aromatic heterocycles. The third-order valence-electron chi connectivity index (χ3n) is 4.36. The molecule has 0 fully saturated rings. The van der Waals surface area contributed by atoms with E-state index in [1.807, 2.05) is 0 Å². The second kappa shape index (κ2) is 6.09. The van der Waals surface area contributed by atoms with Crippen molar-refractivity contribution in [2.45, 2.75) is 33.6 Å². The molecule has 0 aliphatic carbocycles. The number of anilines is 2. The summed E-state index contributed by atoms with van der Waals surface area (Å²) < 4.78 is 0. The Hall–Kier alpha value is -1.87. The van der Waals surface area contributed by atoms with Gasteiger partial charge in [-0.25, -0.2) is 0 Å². The van der Waals surface area contributed by atoms with Gasteiger partial charge in [0.15, 0.2) is 5.11 Å². The molecule has 0 amide bonds. The zero-order valence-electron chi connectivity index (χ0n) is 13.4. The highest BCUT2D eigenvalue weighted by Crippen LogP contribution is 2.28. The highest BCUT2D eigenvalue weighted by molar-refractivity contribution is 7.80. The fraction of sp³-hybridized carbons (Fsp3) is 0.316. The number of aryl methyl sites for hydroxylation is 4. The van der Waals surface area contributed by atoms with Gasteiger partial charge in [-0.05, 0) is 80.7 Å². The Kier molecular flexibility index (Phi) is 4.16. The van der Waals surface area contributed by atoms with Gasteiger partial charge in [-0.15, -0.1) is 0 Å². The molecular weight excluding hydrogens is 288 g/mol. The quantitative estimate of drug-likeness (QED) is 0.764. The third-order valence-corrected chi connectivity index (χ3v) is 4.68. The SMILES string of the molecule is Cc1ccc2c(c1)CCCN2C(=S)Nc1ccc(C)c(C)c1.